The Morgan fingerprint density at radius 2 is 2.09 bits per heavy atom. The fourth-order valence-electron chi connectivity index (χ4n) is 3.81. The van der Waals surface area contributed by atoms with Crippen molar-refractivity contribution in [1.82, 2.24) is 24.9 Å². The molecule has 1 saturated heterocycles. The maximum Gasteiger partial charge on any atom is 0.270 e. The van der Waals surface area contributed by atoms with Crippen LogP contribution in [0.2, 0.25) is 5.15 Å². The first-order valence-electron chi connectivity index (χ1n) is 10.5. The Morgan fingerprint density at radius 1 is 1.26 bits per heavy atom. The lowest BCUT2D eigenvalue weighted by atomic mass is 10.00. The molecular formula is C24H19ClN6O3. The van der Waals surface area contributed by atoms with Gasteiger partial charge in [-0.3, -0.25) is 4.79 Å². The lowest BCUT2D eigenvalue weighted by Gasteiger charge is -2.36. The quantitative estimate of drug-likeness (QED) is 0.426. The van der Waals surface area contributed by atoms with Crippen LogP contribution in [0.25, 0.3) is 28.0 Å². The second kappa shape index (κ2) is 8.50. The molecule has 0 spiro atoms. The Hall–Kier alpha value is -3.84. The predicted molar refractivity (Wildman–Crippen MR) is 124 cm³/mol. The summed E-state index contributed by atoms with van der Waals surface area (Å²) >= 11 is 6.25. The highest BCUT2D eigenvalue weighted by molar-refractivity contribution is 6.29. The first kappa shape index (κ1) is 22.0. The molecule has 1 amide bonds. The van der Waals surface area contributed by atoms with Gasteiger partial charge >= 0.3 is 0 Å². The van der Waals surface area contributed by atoms with Crippen LogP contribution in [0.3, 0.4) is 0 Å². The number of hydrogen-bond donors (Lipinski definition) is 2. The molecule has 3 aromatic heterocycles. The molecule has 0 atom stereocenters. The van der Waals surface area contributed by atoms with Gasteiger partial charge in [-0.15, -0.1) is 0 Å². The lowest BCUT2D eigenvalue weighted by Crippen LogP contribution is -2.57. The van der Waals surface area contributed by atoms with Gasteiger partial charge in [0.1, 0.15) is 22.1 Å². The molecule has 0 unspecified atom stereocenters. The fourth-order valence-corrected chi connectivity index (χ4v) is 4.06. The van der Waals surface area contributed by atoms with E-state index in [-0.39, 0.29) is 25.5 Å². The highest BCUT2D eigenvalue weighted by Crippen LogP contribution is 2.36. The van der Waals surface area contributed by atoms with Crippen LogP contribution < -0.4 is 5.32 Å². The van der Waals surface area contributed by atoms with Gasteiger partial charge in [0.25, 0.3) is 5.91 Å². The number of fused-ring (bicyclic) bond motifs is 1. The Morgan fingerprint density at radius 3 is 2.79 bits per heavy atom. The number of amides is 1. The fraction of sp³-hybridized carbons (Fsp3) is 0.208. The molecule has 5 rings (SSSR count). The molecule has 34 heavy (non-hydrogen) atoms. The summed E-state index contributed by atoms with van der Waals surface area (Å²) in [5.74, 6) is -0.424. The second-order valence-electron chi connectivity index (χ2n) is 8.22. The summed E-state index contributed by atoms with van der Waals surface area (Å²) in [6.45, 7) is 2.26. The molecule has 170 valence electrons. The highest BCUT2D eigenvalue weighted by Gasteiger charge is 2.36. The third kappa shape index (κ3) is 4.10. The third-order valence-corrected chi connectivity index (χ3v) is 5.71. The topological polar surface area (TPSA) is 125 Å². The average Bonchev–Trinajstić information content (AvgIpc) is 3.19. The number of carbonyl (C=O) groups is 1. The smallest absolute Gasteiger partial charge is 0.270 e. The molecule has 4 aromatic rings. The van der Waals surface area contributed by atoms with Gasteiger partial charge in [0.15, 0.2) is 5.65 Å². The van der Waals surface area contributed by atoms with Gasteiger partial charge in [0, 0.05) is 17.5 Å². The number of carbonyl (C=O) groups excluding carboxylic acids is 1. The maximum atomic E-state index is 12.8. The van der Waals surface area contributed by atoms with Gasteiger partial charge in [0.05, 0.1) is 37.0 Å². The molecule has 0 aliphatic carbocycles. The lowest BCUT2D eigenvalue weighted by molar-refractivity contribution is -0.173. The maximum absolute atomic E-state index is 12.8. The number of aliphatic hydroxyl groups is 1. The van der Waals surface area contributed by atoms with Crippen LogP contribution >= 0.6 is 11.6 Å². The van der Waals surface area contributed by atoms with Crippen LogP contribution in [-0.4, -0.2) is 56.0 Å². The average molecular weight is 475 g/mol. The summed E-state index contributed by atoms with van der Waals surface area (Å²) in [6, 6.07) is 14.4. The Bertz CT molecular complexity index is 1450. The molecule has 1 aliphatic rings. The predicted octanol–water partition coefficient (Wildman–Crippen LogP) is 2.78. The van der Waals surface area contributed by atoms with E-state index in [9.17, 15) is 15.2 Å². The minimum atomic E-state index is -1.05. The van der Waals surface area contributed by atoms with Crippen LogP contribution in [-0.2, 0) is 4.74 Å². The van der Waals surface area contributed by atoms with E-state index in [0.717, 1.165) is 11.1 Å². The molecule has 0 bridgehead atoms. The molecular weight excluding hydrogens is 456 g/mol. The minimum Gasteiger partial charge on any atom is -0.383 e. The highest BCUT2D eigenvalue weighted by atomic mass is 35.5. The number of nitrogens with one attached hydrogen (secondary N) is 1. The number of benzene rings is 1. The zero-order valence-electron chi connectivity index (χ0n) is 18.1. The van der Waals surface area contributed by atoms with E-state index in [2.05, 4.69) is 21.4 Å². The molecule has 0 radical (unpaired) electrons. The van der Waals surface area contributed by atoms with E-state index in [1.807, 2.05) is 19.1 Å². The van der Waals surface area contributed by atoms with Crippen LogP contribution in [0, 0.1) is 18.3 Å². The van der Waals surface area contributed by atoms with E-state index >= 15 is 0 Å². The van der Waals surface area contributed by atoms with Crippen LogP contribution in [0.15, 0.2) is 48.7 Å². The van der Waals surface area contributed by atoms with E-state index < -0.39 is 11.5 Å². The van der Waals surface area contributed by atoms with Gasteiger partial charge in [0.2, 0.25) is 0 Å². The molecule has 1 fully saturated rings. The van der Waals surface area contributed by atoms with Crippen molar-refractivity contribution in [3.63, 3.8) is 0 Å². The Kier molecular flexibility index (Phi) is 5.49. The number of aromatic nitrogens is 4. The van der Waals surface area contributed by atoms with Gasteiger partial charge in [-0.1, -0.05) is 23.7 Å². The molecule has 1 aromatic carbocycles. The molecule has 1 aliphatic heterocycles. The molecule has 10 heteroatoms. The summed E-state index contributed by atoms with van der Waals surface area (Å²) < 4.78 is 6.60. The van der Waals surface area contributed by atoms with Gasteiger partial charge in [-0.05, 0) is 42.8 Å². The summed E-state index contributed by atoms with van der Waals surface area (Å²) in [5, 5.41) is 27.2. The number of aryl methyl sites for hydroxylation is 1. The zero-order chi connectivity index (χ0) is 23.9. The number of rotatable bonds is 5. The van der Waals surface area contributed by atoms with E-state index in [1.54, 1.807) is 41.0 Å². The van der Waals surface area contributed by atoms with Crippen molar-refractivity contribution in [2.24, 2.45) is 0 Å². The summed E-state index contributed by atoms with van der Waals surface area (Å²) in [7, 11) is 0. The van der Waals surface area contributed by atoms with Crippen molar-refractivity contribution in [2.45, 2.75) is 12.5 Å². The SMILES string of the molecule is Cc1cc(-c2c(-c3cccc(C#N)c3)nn3ccc(C(=O)NCC4(O)COC4)nc23)cc(Cl)n1. The van der Waals surface area contributed by atoms with E-state index in [0.29, 0.717) is 33.3 Å². The number of nitriles is 1. The molecule has 4 heterocycles. The van der Waals surface area contributed by atoms with Gasteiger partial charge in [-0.2, -0.15) is 10.4 Å². The minimum absolute atomic E-state index is 0.0656. The standard InChI is InChI=1S/C24H19ClN6O3/c1-14-7-17(9-19(25)28-14)20-21(16-4-2-3-15(8-16)10-26)30-31-6-5-18(29-22(20)31)23(32)27-11-24(33)12-34-13-24/h2-9,33H,11-13H2,1H3,(H,27,32). The molecule has 9 nitrogen and oxygen atoms in total. The summed E-state index contributed by atoms with van der Waals surface area (Å²) in [4.78, 5) is 21.6. The van der Waals surface area contributed by atoms with Crippen molar-refractivity contribution in [3.8, 4) is 28.5 Å². The third-order valence-electron chi connectivity index (χ3n) is 5.51. The van der Waals surface area contributed by atoms with Crippen LogP contribution in [0.1, 0.15) is 21.7 Å². The first-order chi connectivity index (χ1) is 16.3. The number of ether oxygens (including phenoxy) is 1. The van der Waals surface area contributed by atoms with Crippen LogP contribution in [0.4, 0.5) is 0 Å². The number of nitrogens with zero attached hydrogens (tertiary/aromatic N) is 5. The second-order valence-corrected chi connectivity index (χ2v) is 8.60. The molecule has 0 saturated carbocycles. The van der Waals surface area contributed by atoms with Crippen molar-refractivity contribution >= 4 is 23.2 Å². The van der Waals surface area contributed by atoms with E-state index in [4.69, 9.17) is 21.4 Å². The van der Waals surface area contributed by atoms with Gasteiger partial charge in [-0.25, -0.2) is 14.5 Å². The zero-order valence-corrected chi connectivity index (χ0v) is 18.9. The first-order valence-corrected chi connectivity index (χ1v) is 10.9. The van der Waals surface area contributed by atoms with Crippen molar-refractivity contribution in [3.05, 3.63) is 70.8 Å². The Labute approximate surface area is 199 Å². The normalized spacial score (nSPS) is 14.4. The molecule has 2 N–H and O–H groups in total. The number of pyridine rings is 1. The van der Waals surface area contributed by atoms with Crippen molar-refractivity contribution in [2.75, 3.05) is 19.8 Å². The van der Waals surface area contributed by atoms with Gasteiger partial charge < -0.3 is 15.2 Å². The largest absolute Gasteiger partial charge is 0.383 e. The number of halogens is 1. The summed E-state index contributed by atoms with van der Waals surface area (Å²) in [5.41, 5.74) is 3.47. The Balaban J connectivity index is 1.64. The summed E-state index contributed by atoms with van der Waals surface area (Å²) in [6.07, 6.45) is 1.65. The van der Waals surface area contributed by atoms with Crippen molar-refractivity contribution < 1.29 is 14.6 Å². The van der Waals surface area contributed by atoms with Crippen molar-refractivity contribution in [1.29, 1.82) is 5.26 Å². The number of hydrogen-bond acceptors (Lipinski definition) is 7. The monoisotopic (exact) mass is 474 g/mol. The van der Waals surface area contributed by atoms with E-state index in [1.165, 1.54) is 0 Å². The van der Waals surface area contributed by atoms with Crippen LogP contribution in [0.5, 0.6) is 0 Å².